The fourth-order valence-corrected chi connectivity index (χ4v) is 3.28. The molecule has 1 aromatic carbocycles. The molecule has 1 amide bonds. The standard InChI is InChI=1S/C20H16N4O2/c25-20(15-10-14(15)18-6-3-9-26-18)23-13-7-8-19(21-11-13)24-12-22-16-4-1-2-5-17(16)24/h1-9,11-12,14-15H,10H2,(H,23,25). The molecule has 1 saturated carbocycles. The Kier molecular flexibility index (Phi) is 3.35. The molecular weight excluding hydrogens is 328 g/mol. The van der Waals surface area contributed by atoms with Gasteiger partial charge in [0.1, 0.15) is 17.9 Å². The van der Waals surface area contributed by atoms with Gasteiger partial charge < -0.3 is 9.73 Å². The average molecular weight is 344 g/mol. The molecule has 128 valence electrons. The lowest BCUT2D eigenvalue weighted by atomic mass is 10.2. The zero-order valence-electron chi connectivity index (χ0n) is 13.9. The second kappa shape index (κ2) is 5.84. The lowest BCUT2D eigenvalue weighted by Gasteiger charge is -2.07. The number of hydrogen-bond acceptors (Lipinski definition) is 4. The third-order valence-corrected chi connectivity index (χ3v) is 4.75. The smallest absolute Gasteiger partial charge is 0.228 e. The summed E-state index contributed by atoms with van der Waals surface area (Å²) >= 11 is 0. The number of anilines is 1. The van der Waals surface area contributed by atoms with Crippen molar-refractivity contribution >= 4 is 22.6 Å². The molecule has 1 aliphatic rings. The molecule has 1 aliphatic carbocycles. The second-order valence-corrected chi connectivity index (χ2v) is 6.46. The Balaban J connectivity index is 1.31. The van der Waals surface area contributed by atoms with E-state index in [2.05, 4.69) is 15.3 Å². The zero-order valence-corrected chi connectivity index (χ0v) is 13.9. The highest BCUT2D eigenvalue weighted by Crippen LogP contribution is 2.48. The van der Waals surface area contributed by atoms with Crippen LogP contribution in [0.4, 0.5) is 5.69 Å². The van der Waals surface area contributed by atoms with Crippen LogP contribution in [0.2, 0.25) is 0 Å². The van der Waals surface area contributed by atoms with Crippen molar-refractivity contribution in [2.24, 2.45) is 5.92 Å². The maximum Gasteiger partial charge on any atom is 0.228 e. The van der Waals surface area contributed by atoms with E-state index in [1.165, 1.54) is 0 Å². The van der Waals surface area contributed by atoms with Crippen molar-refractivity contribution in [2.75, 3.05) is 5.32 Å². The first-order valence-electron chi connectivity index (χ1n) is 8.52. The van der Waals surface area contributed by atoms with Crippen LogP contribution in [-0.4, -0.2) is 20.4 Å². The van der Waals surface area contributed by atoms with E-state index in [4.69, 9.17) is 4.42 Å². The number of aromatic nitrogens is 3. The van der Waals surface area contributed by atoms with Crippen molar-refractivity contribution < 1.29 is 9.21 Å². The van der Waals surface area contributed by atoms with Gasteiger partial charge in [-0.25, -0.2) is 9.97 Å². The van der Waals surface area contributed by atoms with Crippen molar-refractivity contribution in [3.63, 3.8) is 0 Å². The first-order chi connectivity index (χ1) is 12.8. The first kappa shape index (κ1) is 14.9. The molecule has 0 aliphatic heterocycles. The van der Waals surface area contributed by atoms with E-state index in [1.807, 2.05) is 53.1 Å². The maximum absolute atomic E-state index is 12.4. The molecular formula is C20H16N4O2. The van der Waals surface area contributed by atoms with Gasteiger partial charge in [0.05, 0.1) is 29.2 Å². The highest BCUT2D eigenvalue weighted by molar-refractivity contribution is 5.95. The fraction of sp³-hybridized carbons (Fsp3) is 0.150. The van der Waals surface area contributed by atoms with Gasteiger partial charge in [0.2, 0.25) is 5.91 Å². The minimum Gasteiger partial charge on any atom is -0.469 e. The molecule has 0 bridgehead atoms. The summed E-state index contributed by atoms with van der Waals surface area (Å²) in [6, 6.07) is 15.4. The molecule has 3 heterocycles. The highest BCUT2D eigenvalue weighted by Gasteiger charge is 2.45. The summed E-state index contributed by atoms with van der Waals surface area (Å²) in [7, 11) is 0. The van der Waals surface area contributed by atoms with Crippen molar-refractivity contribution in [3.05, 3.63) is 73.1 Å². The lowest BCUT2D eigenvalue weighted by Crippen LogP contribution is -2.14. The number of hydrogen-bond donors (Lipinski definition) is 1. The van der Waals surface area contributed by atoms with Crippen LogP contribution >= 0.6 is 0 Å². The summed E-state index contributed by atoms with van der Waals surface area (Å²) < 4.78 is 7.30. The van der Waals surface area contributed by atoms with Gasteiger partial charge in [0.25, 0.3) is 0 Å². The number of fused-ring (bicyclic) bond motifs is 1. The molecule has 26 heavy (non-hydrogen) atoms. The predicted molar refractivity (Wildman–Crippen MR) is 97.1 cm³/mol. The second-order valence-electron chi connectivity index (χ2n) is 6.46. The van der Waals surface area contributed by atoms with E-state index in [1.54, 1.807) is 18.8 Å². The van der Waals surface area contributed by atoms with Gasteiger partial charge in [0, 0.05) is 11.8 Å². The SMILES string of the molecule is O=C(Nc1ccc(-n2cnc3ccccc32)nc1)C1CC1c1ccco1. The van der Waals surface area contributed by atoms with Gasteiger partial charge in [-0.15, -0.1) is 0 Å². The van der Waals surface area contributed by atoms with Crippen LogP contribution in [0.15, 0.2) is 71.7 Å². The number of nitrogens with one attached hydrogen (secondary N) is 1. The van der Waals surface area contributed by atoms with Crippen LogP contribution in [0.1, 0.15) is 18.1 Å². The first-order valence-corrected chi connectivity index (χ1v) is 8.52. The van der Waals surface area contributed by atoms with Crippen LogP contribution in [0.25, 0.3) is 16.9 Å². The number of carbonyl (C=O) groups excluding carboxylic acids is 1. The summed E-state index contributed by atoms with van der Waals surface area (Å²) in [4.78, 5) is 21.2. The molecule has 1 N–H and O–H groups in total. The number of para-hydroxylation sites is 2. The molecule has 6 heteroatoms. The van der Waals surface area contributed by atoms with Crippen molar-refractivity contribution in [3.8, 4) is 5.82 Å². The molecule has 0 radical (unpaired) electrons. The third kappa shape index (κ3) is 2.56. The zero-order chi connectivity index (χ0) is 17.5. The normalized spacial score (nSPS) is 18.8. The summed E-state index contributed by atoms with van der Waals surface area (Å²) in [5, 5.41) is 2.94. The largest absolute Gasteiger partial charge is 0.469 e. The number of furan rings is 1. The van der Waals surface area contributed by atoms with Crippen LogP contribution < -0.4 is 5.32 Å². The van der Waals surface area contributed by atoms with E-state index < -0.39 is 0 Å². The molecule has 4 aromatic rings. The summed E-state index contributed by atoms with van der Waals surface area (Å²) in [6.45, 7) is 0. The van der Waals surface area contributed by atoms with E-state index in [0.29, 0.717) is 5.69 Å². The lowest BCUT2D eigenvalue weighted by molar-refractivity contribution is -0.117. The molecule has 3 aromatic heterocycles. The number of nitrogens with zero attached hydrogens (tertiary/aromatic N) is 3. The number of amides is 1. The van der Waals surface area contributed by atoms with E-state index in [9.17, 15) is 4.79 Å². The maximum atomic E-state index is 12.4. The third-order valence-electron chi connectivity index (χ3n) is 4.75. The summed E-state index contributed by atoms with van der Waals surface area (Å²) in [6.07, 6.45) is 5.90. The predicted octanol–water partition coefficient (Wildman–Crippen LogP) is 3.76. The van der Waals surface area contributed by atoms with Gasteiger partial charge in [-0.05, 0) is 42.8 Å². The Morgan fingerprint density at radius 3 is 2.85 bits per heavy atom. The molecule has 5 rings (SSSR count). The van der Waals surface area contributed by atoms with E-state index >= 15 is 0 Å². The summed E-state index contributed by atoms with van der Waals surface area (Å²) in [5.41, 5.74) is 2.61. The van der Waals surface area contributed by atoms with Crippen LogP contribution in [0, 0.1) is 5.92 Å². The minimum absolute atomic E-state index is 0.00836. The molecule has 0 spiro atoms. The van der Waals surface area contributed by atoms with Crippen LogP contribution in [0.3, 0.4) is 0 Å². The number of benzene rings is 1. The molecule has 2 unspecified atom stereocenters. The molecule has 0 saturated heterocycles. The number of imidazole rings is 1. The van der Waals surface area contributed by atoms with Gasteiger partial charge in [-0.1, -0.05) is 12.1 Å². The van der Waals surface area contributed by atoms with Crippen LogP contribution in [-0.2, 0) is 4.79 Å². The number of rotatable bonds is 4. The van der Waals surface area contributed by atoms with E-state index in [0.717, 1.165) is 29.0 Å². The quantitative estimate of drug-likeness (QED) is 0.612. The monoisotopic (exact) mass is 344 g/mol. The number of carbonyl (C=O) groups is 1. The molecule has 6 nitrogen and oxygen atoms in total. The van der Waals surface area contributed by atoms with Gasteiger partial charge >= 0.3 is 0 Å². The fourth-order valence-electron chi connectivity index (χ4n) is 3.28. The van der Waals surface area contributed by atoms with Crippen molar-refractivity contribution in [2.45, 2.75) is 12.3 Å². The molecule has 2 atom stereocenters. The topological polar surface area (TPSA) is 73.0 Å². The van der Waals surface area contributed by atoms with E-state index in [-0.39, 0.29) is 17.7 Å². The Hall–Kier alpha value is -3.41. The van der Waals surface area contributed by atoms with Crippen molar-refractivity contribution in [1.29, 1.82) is 0 Å². The van der Waals surface area contributed by atoms with Gasteiger partial charge in [0.15, 0.2) is 0 Å². The Morgan fingerprint density at radius 2 is 2.04 bits per heavy atom. The molecule has 1 fully saturated rings. The van der Waals surface area contributed by atoms with Gasteiger partial charge in [-0.2, -0.15) is 0 Å². The van der Waals surface area contributed by atoms with Crippen molar-refractivity contribution in [1.82, 2.24) is 14.5 Å². The number of pyridine rings is 1. The van der Waals surface area contributed by atoms with Crippen LogP contribution in [0.5, 0.6) is 0 Å². The Morgan fingerprint density at radius 1 is 1.12 bits per heavy atom. The summed E-state index contributed by atoms with van der Waals surface area (Å²) in [5.74, 6) is 1.81. The Labute approximate surface area is 149 Å². The average Bonchev–Trinajstić information content (AvgIpc) is 3.09. The minimum atomic E-state index is -0.0292. The highest BCUT2D eigenvalue weighted by atomic mass is 16.3. The van der Waals surface area contributed by atoms with Gasteiger partial charge in [-0.3, -0.25) is 9.36 Å². The Bertz CT molecular complexity index is 1070.